The number of benzene rings is 3. The average Bonchev–Trinajstić information content (AvgIpc) is 3.57. The predicted molar refractivity (Wildman–Crippen MR) is 133 cm³/mol. The van der Waals surface area contributed by atoms with E-state index in [1.165, 1.54) is 5.56 Å². The molecule has 2 aliphatic rings. The molecule has 0 radical (unpaired) electrons. The molecule has 0 saturated carbocycles. The van der Waals surface area contributed by atoms with Crippen molar-refractivity contribution >= 4 is 11.6 Å². The van der Waals surface area contributed by atoms with E-state index in [9.17, 15) is 4.79 Å². The maximum Gasteiger partial charge on any atom is 0.322 e. The van der Waals surface area contributed by atoms with Gasteiger partial charge in [-0.25, -0.2) is 4.79 Å². The number of nitrogens with one attached hydrogen (secondary N) is 1. The van der Waals surface area contributed by atoms with Crippen LogP contribution in [0.4, 0.5) is 4.79 Å². The predicted octanol–water partition coefficient (Wildman–Crippen LogP) is 5.47. The van der Waals surface area contributed by atoms with Crippen LogP contribution in [-0.4, -0.2) is 27.9 Å². The maximum atomic E-state index is 13.3. The van der Waals surface area contributed by atoms with Crippen LogP contribution in [0.1, 0.15) is 35.5 Å². The first-order valence-corrected chi connectivity index (χ1v) is 11.7. The van der Waals surface area contributed by atoms with E-state index in [-0.39, 0.29) is 12.8 Å². The molecule has 1 atom stereocenters. The van der Waals surface area contributed by atoms with Gasteiger partial charge in [0, 0.05) is 11.3 Å². The highest BCUT2D eigenvalue weighted by atomic mass is 16.7. The highest BCUT2D eigenvalue weighted by Gasteiger charge is 2.35. The van der Waals surface area contributed by atoms with Gasteiger partial charge in [0.1, 0.15) is 0 Å². The SMILES string of the molecule is CC1=C(c2nc(-c3ccc4c(c3)OCO4)no2)C(c2ccccc2)NC(=O)N1Cc1ccc(C)cc1. The number of carbonyl (C=O) groups excluding carboxylic acids is 1. The minimum Gasteiger partial charge on any atom is -0.454 e. The summed E-state index contributed by atoms with van der Waals surface area (Å²) < 4.78 is 16.7. The monoisotopic (exact) mass is 480 g/mol. The van der Waals surface area contributed by atoms with Gasteiger partial charge in [-0.2, -0.15) is 4.98 Å². The second-order valence-corrected chi connectivity index (χ2v) is 8.86. The first kappa shape index (κ1) is 21.9. The fourth-order valence-corrected chi connectivity index (χ4v) is 4.51. The number of aryl methyl sites for hydroxylation is 1. The van der Waals surface area contributed by atoms with E-state index >= 15 is 0 Å². The van der Waals surface area contributed by atoms with E-state index in [4.69, 9.17) is 19.0 Å². The normalized spacial score (nSPS) is 16.9. The van der Waals surface area contributed by atoms with Gasteiger partial charge >= 0.3 is 6.03 Å². The molecule has 0 aliphatic carbocycles. The Kier molecular flexibility index (Phi) is 5.41. The number of hydrogen-bond donors (Lipinski definition) is 1. The molecule has 2 amide bonds. The van der Waals surface area contributed by atoms with Crippen LogP contribution in [0.25, 0.3) is 17.0 Å². The maximum absolute atomic E-state index is 13.3. The topological polar surface area (TPSA) is 89.7 Å². The number of fused-ring (bicyclic) bond motifs is 1. The van der Waals surface area contributed by atoms with Crippen molar-refractivity contribution in [3.05, 3.63) is 101 Å². The first-order valence-electron chi connectivity index (χ1n) is 11.7. The largest absolute Gasteiger partial charge is 0.454 e. The van der Waals surface area contributed by atoms with Gasteiger partial charge in [0.05, 0.1) is 18.2 Å². The zero-order chi connectivity index (χ0) is 24.6. The number of urea groups is 1. The summed E-state index contributed by atoms with van der Waals surface area (Å²) in [6, 6.07) is 22.8. The van der Waals surface area contributed by atoms with Crippen molar-refractivity contribution < 1.29 is 18.8 Å². The lowest BCUT2D eigenvalue weighted by Gasteiger charge is -2.35. The Bertz CT molecular complexity index is 1460. The minimum atomic E-state index is -0.432. The van der Waals surface area contributed by atoms with Crippen molar-refractivity contribution in [1.82, 2.24) is 20.4 Å². The zero-order valence-electron chi connectivity index (χ0n) is 19.9. The molecule has 8 nitrogen and oxygen atoms in total. The molecular weight excluding hydrogens is 456 g/mol. The third-order valence-electron chi connectivity index (χ3n) is 6.48. The number of ether oxygens (including phenoxy) is 2. The van der Waals surface area contributed by atoms with Crippen LogP contribution in [-0.2, 0) is 6.54 Å². The van der Waals surface area contributed by atoms with Crippen molar-refractivity contribution in [3.63, 3.8) is 0 Å². The van der Waals surface area contributed by atoms with Gasteiger partial charge in [-0.15, -0.1) is 0 Å². The van der Waals surface area contributed by atoms with Crippen LogP contribution in [0.5, 0.6) is 11.5 Å². The highest BCUT2D eigenvalue weighted by molar-refractivity contribution is 5.87. The van der Waals surface area contributed by atoms with E-state index in [0.29, 0.717) is 29.8 Å². The van der Waals surface area contributed by atoms with Gasteiger partial charge in [0.2, 0.25) is 12.6 Å². The van der Waals surface area contributed by atoms with E-state index in [1.807, 2.05) is 86.6 Å². The van der Waals surface area contributed by atoms with E-state index in [2.05, 4.69) is 10.5 Å². The minimum absolute atomic E-state index is 0.179. The lowest BCUT2D eigenvalue weighted by atomic mass is 9.94. The van der Waals surface area contributed by atoms with Gasteiger partial charge in [-0.1, -0.05) is 65.3 Å². The molecule has 4 aromatic rings. The Balaban J connectivity index is 1.41. The van der Waals surface area contributed by atoms with Crippen molar-refractivity contribution in [2.24, 2.45) is 0 Å². The molecule has 3 heterocycles. The quantitative estimate of drug-likeness (QED) is 0.407. The third-order valence-corrected chi connectivity index (χ3v) is 6.48. The van der Waals surface area contributed by atoms with Crippen molar-refractivity contribution in [1.29, 1.82) is 0 Å². The van der Waals surface area contributed by atoms with E-state index in [1.54, 1.807) is 4.90 Å². The molecule has 8 heteroatoms. The summed E-state index contributed by atoms with van der Waals surface area (Å²) in [5.74, 6) is 2.11. The average molecular weight is 481 g/mol. The molecule has 2 aliphatic heterocycles. The number of nitrogens with zero attached hydrogens (tertiary/aromatic N) is 3. The van der Waals surface area contributed by atoms with Gasteiger partial charge in [-0.3, -0.25) is 4.90 Å². The Labute approximate surface area is 208 Å². The van der Waals surface area contributed by atoms with Crippen molar-refractivity contribution in [2.75, 3.05) is 6.79 Å². The Hall–Kier alpha value is -4.59. The Morgan fingerprint density at radius 2 is 1.75 bits per heavy atom. The van der Waals surface area contributed by atoms with Gasteiger partial charge in [0.15, 0.2) is 11.5 Å². The van der Waals surface area contributed by atoms with Crippen LogP contribution in [0.2, 0.25) is 0 Å². The van der Waals surface area contributed by atoms with Crippen molar-refractivity contribution in [3.8, 4) is 22.9 Å². The molecule has 1 aromatic heterocycles. The van der Waals surface area contributed by atoms with Crippen LogP contribution in [0.3, 0.4) is 0 Å². The number of amides is 2. The smallest absolute Gasteiger partial charge is 0.322 e. The molecule has 0 fully saturated rings. The molecule has 1 unspecified atom stereocenters. The van der Waals surface area contributed by atoms with E-state index in [0.717, 1.165) is 28.0 Å². The molecule has 0 spiro atoms. The van der Waals surface area contributed by atoms with Crippen molar-refractivity contribution in [2.45, 2.75) is 26.4 Å². The highest BCUT2D eigenvalue weighted by Crippen LogP contribution is 2.39. The Morgan fingerprint density at radius 3 is 2.56 bits per heavy atom. The zero-order valence-corrected chi connectivity index (χ0v) is 19.9. The van der Waals surface area contributed by atoms with Gasteiger partial charge in [-0.05, 0) is 43.2 Å². The van der Waals surface area contributed by atoms with E-state index < -0.39 is 6.04 Å². The lowest BCUT2D eigenvalue weighted by molar-refractivity contribution is 0.174. The van der Waals surface area contributed by atoms with Crippen LogP contribution < -0.4 is 14.8 Å². The number of allylic oxidation sites excluding steroid dienone is 1. The molecule has 6 rings (SSSR count). The second-order valence-electron chi connectivity index (χ2n) is 8.86. The lowest BCUT2D eigenvalue weighted by Crippen LogP contribution is -2.45. The number of hydrogen-bond acceptors (Lipinski definition) is 6. The number of aromatic nitrogens is 2. The molecule has 0 saturated heterocycles. The summed E-state index contributed by atoms with van der Waals surface area (Å²) in [6.45, 7) is 4.57. The standard InChI is InChI=1S/C28H24N4O4/c1-17-8-10-19(11-9-17)15-32-18(2)24(25(29-28(32)33)20-6-4-3-5-7-20)27-30-26(31-36-27)21-12-13-22-23(14-21)35-16-34-22/h3-14,25H,15-16H2,1-2H3,(H,29,33). The van der Waals surface area contributed by atoms with Gasteiger partial charge in [0.25, 0.3) is 5.89 Å². The summed E-state index contributed by atoms with van der Waals surface area (Å²) in [4.78, 5) is 19.7. The number of rotatable bonds is 5. The third kappa shape index (κ3) is 3.96. The molecule has 36 heavy (non-hydrogen) atoms. The molecule has 3 aromatic carbocycles. The molecular formula is C28H24N4O4. The summed E-state index contributed by atoms with van der Waals surface area (Å²) in [7, 11) is 0. The fourth-order valence-electron chi connectivity index (χ4n) is 4.51. The summed E-state index contributed by atoms with van der Waals surface area (Å²) in [6.07, 6.45) is 0. The summed E-state index contributed by atoms with van der Waals surface area (Å²) in [5, 5.41) is 7.38. The molecule has 0 bridgehead atoms. The first-order chi connectivity index (χ1) is 17.6. The van der Waals surface area contributed by atoms with Crippen LogP contribution in [0.15, 0.2) is 83.0 Å². The fraction of sp³-hybridized carbons (Fsp3) is 0.179. The van der Waals surface area contributed by atoms with Crippen LogP contribution in [0, 0.1) is 6.92 Å². The summed E-state index contributed by atoms with van der Waals surface area (Å²) in [5.41, 5.74) is 5.39. The number of carbonyl (C=O) groups is 1. The molecule has 1 N–H and O–H groups in total. The second kappa shape index (κ2) is 8.88. The van der Waals surface area contributed by atoms with Gasteiger partial charge < -0.3 is 19.3 Å². The summed E-state index contributed by atoms with van der Waals surface area (Å²) >= 11 is 0. The Morgan fingerprint density at radius 1 is 0.972 bits per heavy atom. The molecule has 180 valence electrons. The van der Waals surface area contributed by atoms with Crippen LogP contribution >= 0.6 is 0 Å².